The van der Waals surface area contributed by atoms with E-state index < -0.39 is 5.97 Å². The fourth-order valence-electron chi connectivity index (χ4n) is 1.75. The predicted octanol–water partition coefficient (Wildman–Crippen LogP) is 2.10. The van der Waals surface area contributed by atoms with Gasteiger partial charge in [0.15, 0.2) is 10.0 Å². The van der Waals surface area contributed by atoms with Gasteiger partial charge in [0.1, 0.15) is 10.7 Å². The number of hydrogen-bond donors (Lipinski definition) is 1. The Balaban J connectivity index is 2.03. The monoisotopic (exact) mass is 321 g/mol. The Morgan fingerprint density at radius 2 is 2.19 bits per heavy atom. The summed E-state index contributed by atoms with van der Waals surface area (Å²) in [6, 6.07) is 5.35. The molecule has 0 radical (unpaired) electrons. The zero-order valence-electron chi connectivity index (χ0n) is 11.2. The maximum atomic E-state index is 11.5. The van der Waals surface area contributed by atoms with Gasteiger partial charge in [-0.15, -0.1) is 10.2 Å². The van der Waals surface area contributed by atoms with Crippen LogP contribution in [-0.2, 0) is 0 Å². The van der Waals surface area contributed by atoms with Gasteiger partial charge in [0.05, 0.1) is 0 Å². The SMILES string of the molecule is CN(C)c1nnc(Sc2nc3ccccn3c2C(=O)O)s1. The van der Waals surface area contributed by atoms with E-state index in [0.29, 0.717) is 15.0 Å². The lowest BCUT2D eigenvalue weighted by Gasteiger charge is -2.03. The Bertz CT molecular complexity index is 811. The number of nitrogens with zero attached hydrogens (tertiary/aromatic N) is 5. The fraction of sp³-hybridized carbons (Fsp3) is 0.167. The summed E-state index contributed by atoms with van der Waals surface area (Å²) in [5.41, 5.74) is 0.729. The molecule has 0 amide bonds. The van der Waals surface area contributed by atoms with Crippen molar-refractivity contribution in [1.29, 1.82) is 0 Å². The second-order valence-corrected chi connectivity index (χ2v) is 6.54. The molecular formula is C12H11N5O2S2. The van der Waals surface area contributed by atoms with Gasteiger partial charge in [-0.05, 0) is 23.9 Å². The lowest BCUT2D eigenvalue weighted by Crippen LogP contribution is -2.07. The smallest absolute Gasteiger partial charge is 0.355 e. The molecule has 3 aromatic rings. The largest absolute Gasteiger partial charge is 0.476 e. The molecule has 0 aromatic carbocycles. The molecular weight excluding hydrogens is 310 g/mol. The van der Waals surface area contributed by atoms with Crippen molar-refractivity contribution in [3.8, 4) is 0 Å². The number of aromatic carboxylic acids is 1. The lowest BCUT2D eigenvalue weighted by atomic mass is 10.4. The Labute approximate surface area is 128 Å². The van der Waals surface area contributed by atoms with Crippen molar-refractivity contribution in [2.75, 3.05) is 19.0 Å². The van der Waals surface area contributed by atoms with Crippen molar-refractivity contribution in [1.82, 2.24) is 19.6 Å². The Hall–Kier alpha value is -2.13. The van der Waals surface area contributed by atoms with Crippen molar-refractivity contribution >= 4 is 39.8 Å². The molecule has 1 N–H and O–H groups in total. The zero-order valence-corrected chi connectivity index (χ0v) is 12.9. The molecule has 7 nitrogen and oxygen atoms in total. The van der Waals surface area contributed by atoms with E-state index in [1.54, 1.807) is 22.7 Å². The first-order valence-corrected chi connectivity index (χ1v) is 7.58. The topological polar surface area (TPSA) is 83.6 Å². The van der Waals surface area contributed by atoms with Crippen molar-refractivity contribution in [3.63, 3.8) is 0 Å². The molecule has 0 aliphatic carbocycles. The van der Waals surface area contributed by atoms with Crippen LogP contribution in [0.25, 0.3) is 5.65 Å². The summed E-state index contributed by atoms with van der Waals surface area (Å²) in [5.74, 6) is -1.02. The van der Waals surface area contributed by atoms with Crippen LogP contribution in [0, 0.1) is 0 Å². The van der Waals surface area contributed by atoms with Crippen molar-refractivity contribution in [2.45, 2.75) is 9.37 Å². The maximum Gasteiger partial charge on any atom is 0.355 e. The molecule has 0 bridgehead atoms. The first-order chi connectivity index (χ1) is 10.1. The number of rotatable bonds is 4. The highest BCUT2D eigenvalue weighted by molar-refractivity contribution is 8.01. The van der Waals surface area contributed by atoms with E-state index in [1.165, 1.54) is 23.1 Å². The summed E-state index contributed by atoms with van der Waals surface area (Å²) in [6.07, 6.45) is 1.68. The second kappa shape index (κ2) is 5.34. The van der Waals surface area contributed by atoms with E-state index in [9.17, 15) is 9.90 Å². The van der Waals surface area contributed by atoms with Crippen LogP contribution < -0.4 is 4.90 Å². The Morgan fingerprint density at radius 1 is 1.38 bits per heavy atom. The molecule has 0 saturated heterocycles. The molecule has 0 unspecified atom stereocenters. The molecule has 3 heterocycles. The van der Waals surface area contributed by atoms with Crippen LogP contribution in [0.5, 0.6) is 0 Å². The third kappa shape index (κ3) is 2.57. The first kappa shape index (κ1) is 13.8. The highest BCUT2D eigenvalue weighted by Crippen LogP contribution is 2.34. The predicted molar refractivity (Wildman–Crippen MR) is 80.5 cm³/mol. The van der Waals surface area contributed by atoms with Crippen LogP contribution in [0.1, 0.15) is 10.5 Å². The molecule has 0 saturated carbocycles. The molecule has 3 rings (SSSR count). The highest BCUT2D eigenvalue weighted by Gasteiger charge is 2.21. The van der Waals surface area contributed by atoms with Crippen LogP contribution in [0.3, 0.4) is 0 Å². The van der Waals surface area contributed by atoms with Crippen molar-refractivity contribution < 1.29 is 9.90 Å². The number of aromatic nitrogens is 4. The zero-order chi connectivity index (χ0) is 15.0. The Kier molecular flexibility index (Phi) is 3.52. The van der Waals surface area contributed by atoms with Gasteiger partial charge in [-0.25, -0.2) is 9.78 Å². The molecule has 3 aromatic heterocycles. The van der Waals surface area contributed by atoms with Crippen LogP contribution in [0.15, 0.2) is 33.8 Å². The van der Waals surface area contributed by atoms with Gasteiger partial charge in [0.25, 0.3) is 0 Å². The molecule has 0 atom stereocenters. The number of hydrogen-bond acceptors (Lipinski definition) is 7. The van der Waals surface area contributed by atoms with E-state index in [4.69, 9.17) is 0 Å². The fourth-order valence-corrected chi connectivity index (χ4v) is 3.54. The minimum Gasteiger partial charge on any atom is -0.476 e. The molecule has 0 fully saturated rings. The summed E-state index contributed by atoms with van der Waals surface area (Å²) in [6.45, 7) is 0. The normalized spacial score (nSPS) is 11.0. The highest BCUT2D eigenvalue weighted by atomic mass is 32.2. The van der Waals surface area contributed by atoms with Gasteiger partial charge in [-0.3, -0.25) is 4.40 Å². The van der Waals surface area contributed by atoms with Gasteiger partial charge in [-0.1, -0.05) is 17.4 Å². The number of pyridine rings is 1. The van der Waals surface area contributed by atoms with E-state index >= 15 is 0 Å². The average Bonchev–Trinajstić information content (AvgIpc) is 3.02. The van der Waals surface area contributed by atoms with Gasteiger partial charge < -0.3 is 10.0 Å². The number of carboxylic acid groups (broad SMARTS) is 1. The number of imidazole rings is 1. The van der Waals surface area contributed by atoms with E-state index in [1.807, 2.05) is 25.1 Å². The van der Waals surface area contributed by atoms with Gasteiger partial charge in [0.2, 0.25) is 5.13 Å². The molecule has 0 aliphatic heterocycles. The van der Waals surface area contributed by atoms with E-state index in [0.717, 1.165) is 5.13 Å². The lowest BCUT2D eigenvalue weighted by molar-refractivity contribution is 0.0685. The first-order valence-electron chi connectivity index (χ1n) is 5.95. The molecule has 0 spiro atoms. The summed E-state index contributed by atoms with van der Waals surface area (Å²) >= 11 is 2.60. The summed E-state index contributed by atoms with van der Waals surface area (Å²) < 4.78 is 2.21. The summed E-state index contributed by atoms with van der Waals surface area (Å²) in [4.78, 5) is 17.7. The van der Waals surface area contributed by atoms with Crippen molar-refractivity contribution in [2.24, 2.45) is 0 Å². The third-order valence-electron chi connectivity index (χ3n) is 2.66. The molecule has 9 heteroatoms. The van der Waals surface area contributed by atoms with Gasteiger partial charge >= 0.3 is 5.97 Å². The van der Waals surface area contributed by atoms with Crippen LogP contribution in [0.4, 0.5) is 5.13 Å². The van der Waals surface area contributed by atoms with E-state index in [-0.39, 0.29) is 5.69 Å². The number of anilines is 1. The second-order valence-electron chi connectivity index (χ2n) is 4.35. The summed E-state index contributed by atoms with van der Waals surface area (Å²) in [7, 11) is 3.76. The van der Waals surface area contributed by atoms with Crippen LogP contribution >= 0.6 is 23.1 Å². The minimum absolute atomic E-state index is 0.136. The van der Waals surface area contributed by atoms with Crippen molar-refractivity contribution in [3.05, 3.63) is 30.1 Å². The van der Waals surface area contributed by atoms with E-state index in [2.05, 4.69) is 15.2 Å². The maximum absolute atomic E-state index is 11.5. The molecule has 108 valence electrons. The number of carbonyl (C=O) groups is 1. The summed E-state index contributed by atoms with van der Waals surface area (Å²) in [5, 5.41) is 18.7. The number of carboxylic acids is 1. The van der Waals surface area contributed by atoms with Gasteiger partial charge in [0, 0.05) is 20.3 Å². The standard InChI is InChI=1S/C12H11N5O2S2/c1-16(2)11-14-15-12(21-11)20-9-8(10(18)19)17-6-4-3-5-7(17)13-9/h3-6H,1-2H3,(H,18,19). The van der Waals surface area contributed by atoms with Crippen LogP contribution in [-0.4, -0.2) is 44.8 Å². The quantitative estimate of drug-likeness (QED) is 0.787. The molecule has 21 heavy (non-hydrogen) atoms. The Morgan fingerprint density at radius 3 is 2.86 bits per heavy atom. The third-order valence-corrected chi connectivity index (χ3v) is 4.78. The molecule has 0 aliphatic rings. The van der Waals surface area contributed by atoms with Gasteiger partial charge in [-0.2, -0.15) is 0 Å². The average molecular weight is 321 g/mol. The minimum atomic E-state index is -1.02. The van der Waals surface area contributed by atoms with Crippen LogP contribution in [0.2, 0.25) is 0 Å². The number of fused-ring (bicyclic) bond motifs is 1.